The fourth-order valence-electron chi connectivity index (χ4n) is 4.34. The van der Waals surface area contributed by atoms with Gasteiger partial charge < -0.3 is 9.47 Å². The number of ether oxygens (including phenoxy) is 2. The Morgan fingerprint density at radius 1 is 0.686 bits per heavy atom. The van der Waals surface area contributed by atoms with Gasteiger partial charge in [-0.15, -0.1) is 0 Å². The Morgan fingerprint density at radius 2 is 1.06 bits per heavy atom. The molecule has 0 amide bonds. The van der Waals surface area contributed by atoms with Crippen molar-refractivity contribution in [1.82, 2.24) is 0 Å². The molecule has 2 aromatic carbocycles. The van der Waals surface area contributed by atoms with Crippen LogP contribution in [0.2, 0.25) is 5.02 Å². The number of azide groups is 2. The fraction of sp³-hybridized carbons (Fsp3) is 0.517. The SMILES string of the molecule is [N-]=[N+]=NCCCCCC(CS(=O)(=O)c1ccc(C(F)(F)F)cc1)OC(=O)Cl.[N-]=[N+]=NCCCCCC(CS(=O)(=O)c1ccc(Cl)cc1)OC(=O)Cl. The lowest BCUT2D eigenvalue weighted by Gasteiger charge is -2.16. The van der Waals surface area contributed by atoms with Crippen LogP contribution in [0.3, 0.4) is 0 Å². The highest BCUT2D eigenvalue weighted by molar-refractivity contribution is 7.91. The first kappa shape index (κ1) is 45.6. The number of sulfone groups is 2. The van der Waals surface area contributed by atoms with Crippen LogP contribution in [0.25, 0.3) is 20.9 Å². The largest absolute Gasteiger partial charge is 0.449 e. The molecule has 0 aliphatic carbocycles. The van der Waals surface area contributed by atoms with E-state index < -0.39 is 60.2 Å². The third-order valence-corrected chi connectivity index (χ3v) is 10.8. The Hall–Kier alpha value is -3.44. The predicted molar refractivity (Wildman–Crippen MR) is 184 cm³/mol. The summed E-state index contributed by atoms with van der Waals surface area (Å²) in [6, 6.07) is 8.82. The molecular formula is C29H34Cl3F3N6O8S2. The van der Waals surface area contributed by atoms with Crippen LogP contribution >= 0.6 is 34.8 Å². The molecule has 0 aromatic heterocycles. The average molecular weight is 822 g/mol. The molecule has 282 valence electrons. The van der Waals surface area contributed by atoms with E-state index in [4.69, 9.17) is 55.3 Å². The number of hydrogen-bond donors (Lipinski definition) is 0. The van der Waals surface area contributed by atoms with Crippen LogP contribution in [-0.4, -0.2) is 64.5 Å². The quantitative estimate of drug-likeness (QED) is 0.0410. The first-order valence-electron chi connectivity index (χ1n) is 15.0. The van der Waals surface area contributed by atoms with Gasteiger partial charge in [0.2, 0.25) is 0 Å². The number of carbonyl (C=O) groups excluding carboxylic acids is 2. The monoisotopic (exact) mass is 820 g/mol. The molecule has 0 aliphatic rings. The number of nitrogens with zero attached hydrogens (tertiary/aromatic N) is 6. The van der Waals surface area contributed by atoms with Crippen molar-refractivity contribution >= 4 is 65.3 Å². The van der Waals surface area contributed by atoms with Crippen molar-refractivity contribution in [2.45, 2.75) is 79.5 Å². The highest BCUT2D eigenvalue weighted by atomic mass is 35.5. The summed E-state index contributed by atoms with van der Waals surface area (Å²) in [5, 5.41) is 7.20. The second-order valence-electron chi connectivity index (χ2n) is 10.6. The number of hydrogen-bond acceptors (Lipinski definition) is 10. The van der Waals surface area contributed by atoms with E-state index >= 15 is 0 Å². The summed E-state index contributed by atoms with van der Waals surface area (Å²) in [7, 11) is -7.62. The molecule has 0 N–H and O–H groups in total. The maximum absolute atomic E-state index is 12.6. The predicted octanol–water partition coefficient (Wildman–Crippen LogP) is 9.82. The number of carbonyl (C=O) groups is 2. The van der Waals surface area contributed by atoms with E-state index in [9.17, 15) is 39.6 Å². The Balaban J connectivity index is 0.000000514. The van der Waals surface area contributed by atoms with E-state index in [-0.39, 0.29) is 22.0 Å². The van der Waals surface area contributed by atoms with E-state index in [0.717, 1.165) is 18.6 Å². The van der Waals surface area contributed by atoms with Gasteiger partial charge in [-0.1, -0.05) is 34.7 Å². The molecule has 2 atom stereocenters. The molecule has 51 heavy (non-hydrogen) atoms. The van der Waals surface area contributed by atoms with Crippen molar-refractivity contribution in [1.29, 1.82) is 0 Å². The average Bonchev–Trinajstić information content (AvgIpc) is 3.03. The van der Waals surface area contributed by atoms with Gasteiger partial charge in [-0.05, 0) is 98.1 Å². The van der Waals surface area contributed by atoms with Crippen LogP contribution in [0.15, 0.2) is 68.6 Å². The standard InChI is InChI=1S/C15H17ClF3N3O4S.C14H17Cl2N3O4S/c16-14(23)26-12(4-2-1-3-9-21-22-20)10-27(24,25)13-7-5-11(6-8-13)15(17,18)19;15-11-5-7-13(8-6-11)24(21,22)10-12(23-14(16)20)4-2-1-3-9-18-19-17/h5-8,12H,1-4,9-10H2;5-8,12H,1-4,9-10H2. The third-order valence-electron chi connectivity index (χ3n) is 6.74. The summed E-state index contributed by atoms with van der Waals surface area (Å²) in [5.41, 5.74) is 13.2. The first-order valence-corrected chi connectivity index (χ1v) is 19.5. The number of halogens is 6. The zero-order valence-corrected chi connectivity index (χ0v) is 30.7. The first-order chi connectivity index (χ1) is 23.9. The van der Waals surface area contributed by atoms with E-state index in [1.165, 1.54) is 24.3 Å². The lowest BCUT2D eigenvalue weighted by atomic mass is 10.1. The van der Waals surface area contributed by atoms with E-state index in [1.54, 1.807) is 0 Å². The highest BCUT2D eigenvalue weighted by Gasteiger charge is 2.31. The summed E-state index contributed by atoms with van der Waals surface area (Å²) in [6.45, 7) is 0.667. The van der Waals surface area contributed by atoms with Crippen LogP contribution in [0.4, 0.5) is 22.8 Å². The molecule has 0 fully saturated rings. The molecule has 0 bridgehead atoms. The molecule has 0 spiro atoms. The van der Waals surface area contributed by atoms with Crippen LogP contribution < -0.4 is 0 Å². The van der Waals surface area contributed by atoms with Gasteiger partial charge >= 0.3 is 17.0 Å². The lowest BCUT2D eigenvalue weighted by molar-refractivity contribution is -0.137. The Bertz CT molecular complexity index is 1720. The van der Waals surface area contributed by atoms with Crippen LogP contribution in [0, 0.1) is 0 Å². The lowest BCUT2D eigenvalue weighted by Crippen LogP contribution is -2.25. The second kappa shape index (κ2) is 23.2. The Kier molecular flexibility index (Phi) is 20.7. The summed E-state index contributed by atoms with van der Waals surface area (Å²) in [5.74, 6) is -0.962. The third kappa shape index (κ3) is 19.7. The Labute approximate surface area is 307 Å². The van der Waals surface area contributed by atoms with Gasteiger partial charge in [0.15, 0.2) is 19.7 Å². The number of unbranched alkanes of at least 4 members (excludes halogenated alkanes) is 4. The van der Waals surface area contributed by atoms with Gasteiger partial charge in [-0.25, -0.2) is 26.4 Å². The summed E-state index contributed by atoms with van der Waals surface area (Å²) >= 11 is 16.1. The molecule has 0 aliphatic heterocycles. The highest BCUT2D eigenvalue weighted by Crippen LogP contribution is 2.30. The normalized spacial score (nSPS) is 12.6. The molecule has 2 aromatic rings. The molecule has 14 nitrogen and oxygen atoms in total. The van der Waals surface area contributed by atoms with Gasteiger partial charge in [-0.2, -0.15) is 13.2 Å². The van der Waals surface area contributed by atoms with Gasteiger partial charge in [0.25, 0.3) is 0 Å². The van der Waals surface area contributed by atoms with Crippen molar-refractivity contribution in [2.75, 3.05) is 24.6 Å². The van der Waals surface area contributed by atoms with Crippen molar-refractivity contribution in [3.05, 3.63) is 80.0 Å². The van der Waals surface area contributed by atoms with Crippen molar-refractivity contribution < 1.29 is 49.1 Å². The smallest absolute Gasteiger partial charge is 0.416 e. The molecule has 0 radical (unpaired) electrons. The zero-order chi connectivity index (χ0) is 38.5. The molecule has 22 heteroatoms. The van der Waals surface area contributed by atoms with Crippen molar-refractivity contribution in [3.8, 4) is 0 Å². The minimum atomic E-state index is -4.57. The van der Waals surface area contributed by atoms with Crippen LogP contribution in [0.1, 0.15) is 56.9 Å². The van der Waals surface area contributed by atoms with Crippen LogP contribution in [-0.2, 0) is 35.3 Å². The summed E-state index contributed by atoms with van der Waals surface area (Å²) < 4.78 is 96.9. The maximum atomic E-state index is 12.6. The van der Waals surface area contributed by atoms with Gasteiger partial charge in [0.05, 0.1) is 26.9 Å². The van der Waals surface area contributed by atoms with E-state index in [0.29, 0.717) is 68.8 Å². The van der Waals surface area contributed by atoms with Gasteiger partial charge in [-0.3, -0.25) is 0 Å². The minimum Gasteiger partial charge on any atom is -0.449 e. The van der Waals surface area contributed by atoms with E-state index in [1.807, 2.05) is 0 Å². The zero-order valence-electron chi connectivity index (χ0n) is 26.8. The minimum absolute atomic E-state index is 0.103. The molecular weight excluding hydrogens is 788 g/mol. The number of rotatable bonds is 20. The topological polar surface area (TPSA) is 218 Å². The number of benzene rings is 2. The fourth-order valence-corrected chi connectivity index (χ4v) is 7.65. The summed E-state index contributed by atoms with van der Waals surface area (Å²) in [6.07, 6.45) is -2.23. The van der Waals surface area contributed by atoms with Crippen molar-refractivity contribution in [2.24, 2.45) is 10.2 Å². The molecule has 0 saturated carbocycles. The second-order valence-corrected chi connectivity index (χ2v) is 15.7. The van der Waals surface area contributed by atoms with Gasteiger partial charge in [0.1, 0.15) is 12.2 Å². The number of alkyl halides is 3. The Morgan fingerprint density at radius 3 is 1.39 bits per heavy atom. The molecule has 0 heterocycles. The maximum Gasteiger partial charge on any atom is 0.416 e. The molecule has 0 saturated heterocycles. The summed E-state index contributed by atoms with van der Waals surface area (Å²) in [4.78, 5) is 27.0. The van der Waals surface area contributed by atoms with Crippen molar-refractivity contribution in [3.63, 3.8) is 0 Å². The molecule has 2 unspecified atom stereocenters. The van der Waals surface area contributed by atoms with Gasteiger partial charge in [0, 0.05) is 51.1 Å². The van der Waals surface area contributed by atoms with Crippen LogP contribution in [0.5, 0.6) is 0 Å². The molecule has 2 rings (SSSR count). The van der Waals surface area contributed by atoms with E-state index in [2.05, 4.69) is 20.1 Å².